The van der Waals surface area contributed by atoms with E-state index < -0.39 is 13.0 Å². The molecule has 0 radical (unpaired) electrons. The molecule has 1 aliphatic heterocycles. The Morgan fingerprint density at radius 1 is 1.43 bits per heavy atom. The quantitative estimate of drug-likeness (QED) is 0.863. The lowest BCUT2D eigenvalue weighted by atomic mass is 9.89. The van der Waals surface area contributed by atoms with Crippen molar-refractivity contribution in [1.29, 1.82) is 0 Å². The minimum atomic E-state index is -2.47. The zero-order valence-corrected chi connectivity index (χ0v) is 12.8. The van der Waals surface area contributed by atoms with E-state index in [0.29, 0.717) is 11.5 Å². The van der Waals surface area contributed by atoms with Crippen molar-refractivity contribution in [3.63, 3.8) is 0 Å². The Bertz CT molecular complexity index is 477. The van der Waals surface area contributed by atoms with Crippen LogP contribution in [0, 0.1) is 0 Å². The first-order valence-corrected chi connectivity index (χ1v) is 7.38. The van der Waals surface area contributed by atoms with Crippen LogP contribution in [-0.2, 0) is 0 Å². The fourth-order valence-electron chi connectivity index (χ4n) is 2.58. The van der Waals surface area contributed by atoms with Crippen LogP contribution in [0.3, 0.4) is 0 Å². The van der Waals surface area contributed by atoms with Gasteiger partial charge >= 0.3 is 0 Å². The molecule has 1 aliphatic rings. The highest BCUT2D eigenvalue weighted by molar-refractivity contribution is 5.44. The van der Waals surface area contributed by atoms with E-state index in [1.165, 1.54) is 0 Å². The van der Waals surface area contributed by atoms with Crippen LogP contribution in [-0.4, -0.2) is 25.2 Å². The van der Waals surface area contributed by atoms with Crippen LogP contribution < -0.4 is 14.8 Å². The van der Waals surface area contributed by atoms with Crippen LogP contribution in [0.4, 0.5) is 8.78 Å². The van der Waals surface area contributed by atoms with E-state index in [1.54, 1.807) is 12.1 Å². The van der Waals surface area contributed by atoms with Gasteiger partial charge in [0.1, 0.15) is 23.7 Å². The molecule has 5 heteroatoms. The van der Waals surface area contributed by atoms with Gasteiger partial charge in [-0.05, 0) is 32.9 Å². The summed E-state index contributed by atoms with van der Waals surface area (Å²) < 4.78 is 35.5. The second-order valence-corrected chi connectivity index (χ2v) is 5.97. The fraction of sp³-hybridized carbons (Fsp3) is 0.625. The largest absolute Gasteiger partial charge is 0.488 e. The molecule has 0 fully saturated rings. The number of hydrogen-bond acceptors (Lipinski definition) is 3. The Labute approximate surface area is 124 Å². The van der Waals surface area contributed by atoms with Gasteiger partial charge < -0.3 is 14.8 Å². The van der Waals surface area contributed by atoms with Gasteiger partial charge in [0.15, 0.2) is 0 Å². The highest BCUT2D eigenvalue weighted by Gasteiger charge is 2.33. The summed E-state index contributed by atoms with van der Waals surface area (Å²) in [5.74, 6) is 1.13. The zero-order chi connectivity index (χ0) is 15.5. The molecular weight excluding hydrogens is 276 g/mol. The van der Waals surface area contributed by atoms with Gasteiger partial charge in [-0.2, -0.15) is 0 Å². The molecule has 0 aromatic heterocycles. The maximum absolute atomic E-state index is 12.2. The Morgan fingerprint density at radius 3 is 2.86 bits per heavy atom. The second-order valence-electron chi connectivity index (χ2n) is 5.97. The van der Waals surface area contributed by atoms with Gasteiger partial charge in [0.2, 0.25) is 0 Å². The maximum atomic E-state index is 12.2. The first-order valence-electron chi connectivity index (χ1n) is 7.38. The van der Waals surface area contributed by atoms with E-state index >= 15 is 0 Å². The van der Waals surface area contributed by atoms with Crippen LogP contribution in [0.15, 0.2) is 18.2 Å². The first kappa shape index (κ1) is 16.0. The van der Waals surface area contributed by atoms with Crippen LogP contribution in [0.25, 0.3) is 0 Å². The predicted octanol–water partition coefficient (Wildman–Crippen LogP) is 3.93. The number of fused-ring (bicyclic) bond motifs is 1. The first-order chi connectivity index (χ1) is 9.91. The van der Waals surface area contributed by atoms with Crippen LogP contribution in [0.1, 0.15) is 45.2 Å². The zero-order valence-electron chi connectivity index (χ0n) is 12.8. The number of nitrogens with one attached hydrogen (secondary N) is 1. The SMILES string of the molecule is CCCNC1CC(C)(C)Oc2cc(OCC(F)F)ccc21. The minimum Gasteiger partial charge on any atom is -0.488 e. The van der Waals surface area contributed by atoms with E-state index in [2.05, 4.69) is 12.2 Å². The van der Waals surface area contributed by atoms with Crippen molar-refractivity contribution >= 4 is 0 Å². The van der Waals surface area contributed by atoms with Gasteiger partial charge in [0.25, 0.3) is 6.43 Å². The number of hydrogen-bond donors (Lipinski definition) is 1. The molecule has 1 N–H and O–H groups in total. The lowest BCUT2D eigenvalue weighted by Crippen LogP contribution is -2.39. The van der Waals surface area contributed by atoms with E-state index in [9.17, 15) is 8.78 Å². The van der Waals surface area contributed by atoms with Crippen LogP contribution >= 0.6 is 0 Å². The average Bonchev–Trinajstić information content (AvgIpc) is 2.40. The molecule has 0 saturated heterocycles. The lowest BCUT2D eigenvalue weighted by Gasteiger charge is -2.38. The lowest BCUT2D eigenvalue weighted by molar-refractivity contribution is 0.0637. The third-order valence-electron chi connectivity index (χ3n) is 3.46. The van der Waals surface area contributed by atoms with Gasteiger partial charge in [-0.25, -0.2) is 8.78 Å². The molecule has 1 aromatic carbocycles. The monoisotopic (exact) mass is 299 g/mol. The molecule has 0 bridgehead atoms. The van der Waals surface area contributed by atoms with Crippen molar-refractivity contribution in [3.8, 4) is 11.5 Å². The maximum Gasteiger partial charge on any atom is 0.272 e. The molecule has 0 amide bonds. The van der Waals surface area contributed by atoms with Gasteiger partial charge in [0.05, 0.1) is 0 Å². The van der Waals surface area contributed by atoms with E-state index in [4.69, 9.17) is 9.47 Å². The van der Waals surface area contributed by atoms with Crippen LogP contribution in [0.5, 0.6) is 11.5 Å². The summed E-state index contributed by atoms with van der Waals surface area (Å²) in [4.78, 5) is 0. The summed E-state index contributed by atoms with van der Waals surface area (Å²) in [5, 5.41) is 3.51. The Kier molecular flexibility index (Phi) is 5.04. The van der Waals surface area contributed by atoms with Crippen molar-refractivity contribution in [2.24, 2.45) is 0 Å². The number of halogens is 2. The molecule has 0 aliphatic carbocycles. The van der Waals surface area contributed by atoms with Crippen LogP contribution in [0.2, 0.25) is 0 Å². The van der Waals surface area contributed by atoms with Crippen molar-refractivity contribution in [1.82, 2.24) is 5.32 Å². The molecule has 0 spiro atoms. The summed E-state index contributed by atoms with van der Waals surface area (Å²) in [5.41, 5.74) is 0.770. The van der Waals surface area contributed by atoms with Crippen molar-refractivity contribution < 1.29 is 18.3 Å². The standard InChI is InChI=1S/C16H23F2NO2/c1-4-7-19-13-9-16(2,3)21-14-8-11(5-6-12(13)14)20-10-15(17)18/h5-6,8,13,15,19H,4,7,9-10H2,1-3H3. The highest BCUT2D eigenvalue weighted by atomic mass is 19.3. The molecule has 1 atom stereocenters. The molecule has 1 unspecified atom stereocenters. The summed E-state index contributed by atoms with van der Waals surface area (Å²) in [6.45, 7) is 6.52. The van der Waals surface area contributed by atoms with Crippen molar-refractivity contribution in [2.45, 2.75) is 51.7 Å². The third-order valence-corrected chi connectivity index (χ3v) is 3.46. The van der Waals surface area contributed by atoms with Gasteiger partial charge in [-0.15, -0.1) is 0 Å². The number of ether oxygens (including phenoxy) is 2. The molecule has 1 heterocycles. The third kappa shape index (κ3) is 4.30. The summed E-state index contributed by atoms with van der Waals surface area (Å²) in [6, 6.07) is 5.55. The molecule has 21 heavy (non-hydrogen) atoms. The molecule has 2 rings (SSSR count). The Morgan fingerprint density at radius 2 is 2.19 bits per heavy atom. The molecule has 118 valence electrons. The highest BCUT2D eigenvalue weighted by Crippen LogP contribution is 2.41. The fourth-order valence-corrected chi connectivity index (χ4v) is 2.58. The van der Waals surface area contributed by atoms with E-state index in [0.717, 1.165) is 24.9 Å². The topological polar surface area (TPSA) is 30.5 Å². The van der Waals surface area contributed by atoms with Crippen molar-refractivity contribution in [3.05, 3.63) is 23.8 Å². The molecule has 0 saturated carbocycles. The normalized spacial score (nSPS) is 20.0. The number of benzene rings is 1. The van der Waals surface area contributed by atoms with E-state index in [1.807, 2.05) is 19.9 Å². The van der Waals surface area contributed by atoms with Gasteiger partial charge in [-0.3, -0.25) is 0 Å². The van der Waals surface area contributed by atoms with Gasteiger partial charge in [0, 0.05) is 24.1 Å². The second kappa shape index (κ2) is 6.60. The molecule has 1 aromatic rings. The number of rotatable bonds is 6. The summed E-state index contributed by atoms with van der Waals surface area (Å²) in [7, 11) is 0. The predicted molar refractivity (Wildman–Crippen MR) is 78.3 cm³/mol. The minimum absolute atomic E-state index is 0.216. The summed E-state index contributed by atoms with van der Waals surface area (Å²) in [6.07, 6.45) is -0.544. The average molecular weight is 299 g/mol. The molecular formula is C16H23F2NO2. The Hall–Kier alpha value is -1.36. The van der Waals surface area contributed by atoms with E-state index in [-0.39, 0.29) is 11.6 Å². The molecule has 3 nitrogen and oxygen atoms in total. The number of alkyl halides is 2. The smallest absolute Gasteiger partial charge is 0.272 e. The summed E-state index contributed by atoms with van der Waals surface area (Å²) >= 11 is 0. The Balaban J connectivity index is 2.19. The van der Waals surface area contributed by atoms with Crippen molar-refractivity contribution in [2.75, 3.05) is 13.2 Å². The van der Waals surface area contributed by atoms with Gasteiger partial charge in [-0.1, -0.05) is 13.0 Å².